The number of aromatic nitrogens is 1. The van der Waals surface area contributed by atoms with Crippen molar-refractivity contribution in [3.05, 3.63) is 22.3 Å². The largest absolute Gasteiger partial charge is 0.317 e. The van der Waals surface area contributed by atoms with Crippen LogP contribution in [0.3, 0.4) is 0 Å². The Labute approximate surface area is 109 Å². The first-order valence-corrected chi connectivity index (χ1v) is 6.60. The number of nitrogens with one attached hydrogen (secondary N) is 2. The third-order valence-electron chi connectivity index (χ3n) is 3.00. The molecule has 1 fully saturated rings. The summed E-state index contributed by atoms with van der Waals surface area (Å²) in [6.45, 7) is 3.78. The van der Waals surface area contributed by atoms with Crippen molar-refractivity contribution in [1.29, 1.82) is 0 Å². The summed E-state index contributed by atoms with van der Waals surface area (Å²) in [5.41, 5.74) is 0.974. The van der Waals surface area contributed by atoms with Gasteiger partial charge in [0.05, 0.1) is 0 Å². The molecule has 0 spiro atoms. The zero-order valence-electron chi connectivity index (χ0n) is 9.79. The third-order valence-corrected chi connectivity index (χ3v) is 3.43. The van der Waals surface area contributed by atoms with Gasteiger partial charge in [0.15, 0.2) is 0 Å². The Balaban J connectivity index is 2.02. The Morgan fingerprint density at radius 2 is 2.24 bits per heavy atom. The van der Waals surface area contributed by atoms with E-state index in [1.807, 2.05) is 13.0 Å². The van der Waals surface area contributed by atoms with Crippen molar-refractivity contribution in [2.24, 2.45) is 5.92 Å². The molecular weight excluding hydrogens is 282 g/mol. The van der Waals surface area contributed by atoms with Crippen LogP contribution < -0.4 is 10.6 Å². The number of carbonyl (C=O) groups is 1. The summed E-state index contributed by atoms with van der Waals surface area (Å²) < 4.78 is 0.926. The second-order valence-corrected chi connectivity index (χ2v) is 5.25. The molecule has 0 saturated carbocycles. The SMILES string of the molecule is Cc1cc(Br)cnc1NC(=O)C1CCNCC1. The molecule has 0 aliphatic carbocycles. The normalized spacial score (nSPS) is 16.8. The Morgan fingerprint density at radius 3 is 2.88 bits per heavy atom. The van der Waals surface area contributed by atoms with Gasteiger partial charge < -0.3 is 10.6 Å². The van der Waals surface area contributed by atoms with Gasteiger partial charge in [-0.3, -0.25) is 4.79 Å². The minimum absolute atomic E-state index is 0.0874. The highest BCUT2D eigenvalue weighted by molar-refractivity contribution is 9.10. The summed E-state index contributed by atoms with van der Waals surface area (Å²) >= 11 is 3.36. The first-order chi connectivity index (χ1) is 8.16. The molecule has 1 aromatic rings. The molecule has 0 atom stereocenters. The van der Waals surface area contributed by atoms with Gasteiger partial charge in [-0.1, -0.05) is 0 Å². The predicted octanol–water partition coefficient (Wildman–Crippen LogP) is 2.09. The van der Waals surface area contributed by atoms with E-state index in [9.17, 15) is 4.79 Å². The molecule has 0 unspecified atom stereocenters. The summed E-state index contributed by atoms with van der Waals surface area (Å²) in [5.74, 6) is 0.863. The van der Waals surface area contributed by atoms with E-state index in [0.29, 0.717) is 5.82 Å². The molecule has 1 aliphatic rings. The van der Waals surface area contributed by atoms with Crippen LogP contribution in [0.2, 0.25) is 0 Å². The van der Waals surface area contributed by atoms with Crippen molar-refractivity contribution in [3.8, 4) is 0 Å². The van der Waals surface area contributed by atoms with Crippen molar-refractivity contribution >= 4 is 27.7 Å². The fraction of sp³-hybridized carbons (Fsp3) is 0.500. The Bertz CT molecular complexity index is 416. The maximum Gasteiger partial charge on any atom is 0.228 e. The first-order valence-electron chi connectivity index (χ1n) is 5.80. The van der Waals surface area contributed by atoms with Crippen LogP contribution in [0.1, 0.15) is 18.4 Å². The van der Waals surface area contributed by atoms with Gasteiger partial charge in [0.1, 0.15) is 5.82 Å². The molecule has 2 rings (SSSR count). The van der Waals surface area contributed by atoms with Crippen LogP contribution in [0, 0.1) is 12.8 Å². The number of amides is 1. The molecule has 1 saturated heterocycles. The number of pyridine rings is 1. The van der Waals surface area contributed by atoms with Crippen molar-refractivity contribution in [3.63, 3.8) is 0 Å². The minimum Gasteiger partial charge on any atom is -0.317 e. The minimum atomic E-state index is 0.0874. The van der Waals surface area contributed by atoms with E-state index in [1.54, 1.807) is 6.20 Å². The van der Waals surface area contributed by atoms with Crippen LogP contribution in [0.15, 0.2) is 16.7 Å². The van der Waals surface area contributed by atoms with E-state index in [0.717, 1.165) is 36.0 Å². The zero-order valence-corrected chi connectivity index (χ0v) is 11.4. The average molecular weight is 298 g/mol. The Hall–Kier alpha value is -0.940. The van der Waals surface area contributed by atoms with E-state index >= 15 is 0 Å². The fourth-order valence-electron chi connectivity index (χ4n) is 1.97. The van der Waals surface area contributed by atoms with Gasteiger partial charge in [0.2, 0.25) is 5.91 Å². The Morgan fingerprint density at radius 1 is 1.53 bits per heavy atom. The van der Waals surface area contributed by atoms with Crippen LogP contribution >= 0.6 is 15.9 Å². The number of halogens is 1. The van der Waals surface area contributed by atoms with Crippen LogP contribution in [-0.4, -0.2) is 24.0 Å². The lowest BCUT2D eigenvalue weighted by molar-refractivity contribution is -0.120. The van der Waals surface area contributed by atoms with Gasteiger partial charge in [-0.15, -0.1) is 0 Å². The standard InChI is InChI=1S/C12H16BrN3O/c1-8-6-10(13)7-15-11(8)16-12(17)9-2-4-14-5-3-9/h6-7,9,14H,2-5H2,1H3,(H,15,16,17). The zero-order chi connectivity index (χ0) is 12.3. The molecule has 5 heteroatoms. The summed E-state index contributed by atoms with van der Waals surface area (Å²) in [5, 5.41) is 6.16. The fourth-order valence-corrected chi connectivity index (χ4v) is 2.42. The highest BCUT2D eigenvalue weighted by atomic mass is 79.9. The second-order valence-electron chi connectivity index (χ2n) is 4.33. The van der Waals surface area contributed by atoms with Gasteiger partial charge in [-0.25, -0.2) is 4.98 Å². The first kappa shape index (κ1) is 12.5. The van der Waals surface area contributed by atoms with Gasteiger partial charge in [0, 0.05) is 16.6 Å². The monoisotopic (exact) mass is 297 g/mol. The molecule has 17 heavy (non-hydrogen) atoms. The smallest absolute Gasteiger partial charge is 0.228 e. The second kappa shape index (κ2) is 5.60. The summed E-state index contributed by atoms with van der Waals surface area (Å²) in [7, 11) is 0. The van der Waals surface area contributed by atoms with Gasteiger partial charge in [-0.2, -0.15) is 0 Å². The molecule has 2 N–H and O–H groups in total. The number of carbonyl (C=O) groups excluding carboxylic acids is 1. The van der Waals surface area contributed by atoms with Crippen molar-refractivity contribution in [2.75, 3.05) is 18.4 Å². The van der Waals surface area contributed by atoms with Crippen LogP contribution in [0.5, 0.6) is 0 Å². The number of rotatable bonds is 2. The molecule has 0 radical (unpaired) electrons. The molecule has 0 bridgehead atoms. The molecule has 92 valence electrons. The van der Waals surface area contributed by atoms with Gasteiger partial charge in [0.25, 0.3) is 0 Å². The summed E-state index contributed by atoms with van der Waals surface area (Å²) in [6.07, 6.45) is 3.51. The maximum absolute atomic E-state index is 12.0. The summed E-state index contributed by atoms with van der Waals surface area (Å²) in [6, 6.07) is 1.95. The van der Waals surface area contributed by atoms with Gasteiger partial charge in [-0.05, 0) is 60.4 Å². The predicted molar refractivity (Wildman–Crippen MR) is 70.9 cm³/mol. The summed E-state index contributed by atoms with van der Waals surface area (Å²) in [4.78, 5) is 16.2. The number of nitrogens with zero attached hydrogens (tertiary/aromatic N) is 1. The molecule has 1 amide bonds. The van der Waals surface area contributed by atoms with E-state index < -0.39 is 0 Å². The lowest BCUT2D eigenvalue weighted by Crippen LogP contribution is -2.34. The van der Waals surface area contributed by atoms with Crippen molar-refractivity contribution < 1.29 is 4.79 Å². The maximum atomic E-state index is 12.0. The van der Waals surface area contributed by atoms with E-state index in [-0.39, 0.29) is 11.8 Å². The number of aryl methyl sites for hydroxylation is 1. The molecule has 2 heterocycles. The van der Waals surface area contributed by atoms with Crippen LogP contribution in [-0.2, 0) is 4.79 Å². The van der Waals surface area contributed by atoms with Crippen LogP contribution in [0.25, 0.3) is 0 Å². The molecular formula is C12H16BrN3O. The molecule has 1 aliphatic heterocycles. The van der Waals surface area contributed by atoms with Gasteiger partial charge >= 0.3 is 0 Å². The Kier molecular flexibility index (Phi) is 4.12. The number of piperidine rings is 1. The van der Waals surface area contributed by atoms with Crippen LogP contribution in [0.4, 0.5) is 5.82 Å². The lowest BCUT2D eigenvalue weighted by Gasteiger charge is -2.21. The number of hydrogen-bond donors (Lipinski definition) is 2. The highest BCUT2D eigenvalue weighted by Gasteiger charge is 2.21. The number of anilines is 1. The number of hydrogen-bond acceptors (Lipinski definition) is 3. The van der Waals surface area contributed by atoms with E-state index in [2.05, 4.69) is 31.5 Å². The average Bonchev–Trinajstić information content (AvgIpc) is 2.34. The van der Waals surface area contributed by atoms with E-state index in [4.69, 9.17) is 0 Å². The molecule has 0 aromatic carbocycles. The van der Waals surface area contributed by atoms with Crippen molar-refractivity contribution in [2.45, 2.75) is 19.8 Å². The quantitative estimate of drug-likeness (QED) is 0.879. The third kappa shape index (κ3) is 3.26. The van der Waals surface area contributed by atoms with Crippen molar-refractivity contribution in [1.82, 2.24) is 10.3 Å². The highest BCUT2D eigenvalue weighted by Crippen LogP contribution is 2.19. The topological polar surface area (TPSA) is 54.0 Å². The molecule has 1 aromatic heterocycles. The molecule has 4 nitrogen and oxygen atoms in total. The lowest BCUT2D eigenvalue weighted by atomic mass is 9.97. The van der Waals surface area contributed by atoms with E-state index in [1.165, 1.54) is 0 Å².